The Balaban J connectivity index is 1.26. The summed E-state index contributed by atoms with van der Waals surface area (Å²) in [6.07, 6.45) is 1.70. The van der Waals surface area contributed by atoms with Crippen LogP contribution in [0.5, 0.6) is 5.75 Å². The SMILES string of the molecule is Cc1nc(CN2CCC(N3C[C@@H](COc4ccc(F)cc4)OCC3=O)CC2)[nH]c1C. The van der Waals surface area contributed by atoms with E-state index in [0.717, 1.165) is 49.7 Å². The normalized spacial score (nSPS) is 21.2. The van der Waals surface area contributed by atoms with Crippen molar-refractivity contribution in [2.45, 2.75) is 45.4 Å². The highest BCUT2D eigenvalue weighted by Gasteiger charge is 2.34. The largest absolute Gasteiger partial charge is 0.491 e. The molecule has 4 rings (SSSR count). The van der Waals surface area contributed by atoms with Crippen LogP contribution in [0.2, 0.25) is 0 Å². The quantitative estimate of drug-likeness (QED) is 0.783. The summed E-state index contributed by atoms with van der Waals surface area (Å²) in [7, 11) is 0. The van der Waals surface area contributed by atoms with Gasteiger partial charge >= 0.3 is 0 Å². The van der Waals surface area contributed by atoms with Crippen molar-refractivity contribution < 1.29 is 18.7 Å². The molecule has 3 heterocycles. The summed E-state index contributed by atoms with van der Waals surface area (Å²) in [5.41, 5.74) is 2.17. The summed E-state index contributed by atoms with van der Waals surface area (Å²) in [5.74, 6) is 1.35. The Morgan fingerprint density at radius 1 is 1.23 bits per heavy atom. The highest BCUT2D eigenvalue weighted by Crippen LogP contribution is 2.22. The summed E-state index contributed by atoms with van der Waals surface area (Å²) < 4.78 is 24.4. The maximum absolute atomic E-state index is 13.0. The number of benzene rings is 1. The van der Waals surface area contributed by atoms with Crippen molar-refractivity contribution in [3.63, 3.8) is 0 Å². The van der Waals surface area contributed by atoms with Crippen LogP contribution in [0.4, 0.5) is 4.39 Å². The minimum atomic E-state index is -0.295. The molecule has 1 aromatic heterocycles. The van der Waals surface area contributed by atoms with E-state index >= 15 is 0 Å². The molecule has 1 atom stereocenters. The lowest BCUT2D eigenvalue weighted by atomic mass is 10.0. The van der Waals surface area contributed by atoms with Crippen molar-refractivity contribution in [3.05, 3.63) is 47.3 Å². The predicted molar refractivity (Wildman–Crippen MR) is 110 cm³/mol. The van der Waals surface area contributed by atoms with Crippen LogP contribution in [-0.4, -0.2) is 70.7 Å². The first-order valence-corrected chi connectivity index (χ1v) is 10.5. The zero-order valence-electron chi connectivity index (χ0n) is 17.6. The van der Waals surface area contributed by atoms with Crippen LogP contribution in [0.15, 0.2) is 24.3 Å². The Morgan fingerprint density at radius 3 is 2.63 bits per heavy atom. The number of ether oxygens (including phenoxy) is 2. The minimum absolute atomic E-state index is 0.0452. The van der Waals surface area contributed by atoms with Gasteiger partial charge in [0.2, 0.25) is 5.91 Å². The molecule has 2 aromatic rings. The second-order valence-corrected chi connectivity index (χ2v) is 8.15. The maximum atomic E-state index is 13.0. The van der Waals surface area contributed by atoms with Crippen LogP contribution in [0.1, 0.15) is 30.1 Å². The fourth-order valence-corrected chi connectivity index (χ4v) is 4.12. The van der Waals surface area contributed by atoms with E-state index in [1.54, 1.807) is 12.1 Å². The molecule has 2 fully saturated rings. The lowest BCUT2D eigenvalue weighted by molar-refractivity contribution is -0.155. The lowest BCUT2D eigenvalue weighted by Crippen LogP contribution is -2.55. The Kier molecular flexibility index (Phi) is 6.34. The molecule has 2 aliphatic rings. The molecule has 1 N–H and O–H groups in total. The smallest absolute Gasteiger partial charge is 0.248 e. The number of rotatable bonds is 6. The molecule has 2 saturated heterocycles. The first-order valence-electron chi connectivity index (χ1n) is 10.5. The van der Waals surface area contributed by atoms with Gasteiger partial charge in [-0.2, -0.15) is 0 Å². The lowest BCUT2D eigenvalue weighted by Gasteiger charge is -2.42. The number of piperidine rings is 1. The van der Waals surface area contributed by atoms with Crippen LogP contribution in [0.3, 0.4) is 0 Å². The van der Waals surface area contributed by atoms with Gasteiger partial charge in [-0.15, -0.1) is 0 Å². The highest BCUT2D eigenvalue weighted by atomic mass is 19.1. The number of halogens is 1. The molecule has 30 heavy (non-hydrogen) atoms. The number of hydrogen-bond donors (Lipinski definition) is 1. The summed E-state index contributed by atoms with van der Waals surface area (Å²) in [5, 5.41) is 0. The summed E-state index contributed by atoms with van der Waals surface area (Å²) >= 11 is 0. The molecule has 1 amide bonds. The van der Waals surface area contributed by atoms with E-state index in [9.17, 15) is 9.18 Å². The number of aromatic amines is 1. The predicted octanol–water partition coefficient (Wildman–Crippen LogP) is 2.44. The number of imidazole rings is 1. The molecular weight excluding hydrogens is 387 g/mol. The van der Waals surface area contributed by atoms with Gasteiger partial charge in [-0.25, -0.2) is 9.37 Å². The number of carbonyl (C=O) groups is 1. The fraction of sp³-hybridized carbons (Fsp3) is 0.545. The Hall–Kier alpha value is -2.45. The number of hydrogen-bond acceptors (Lipinski definition) is 5. The number of aromatic nitrogens is 2. The van der Waals surface area contributed by atoms with E-state index in [2.05, 4.69) is 14.9 Å². The first kappa shape index (κ1) is 20.8. The van der Waals surface area contributed by atoms with Gasteiger partial charge in [0, 0.05) is 24.8 Å². The summed E-state index contributed by atoms with van der Waals surface area (Å²) in [6, 6.07) is 6.15. The van der Waals surface area contributed by atoms with Crippen molar-refractivity contribution in [1.82, 2.24) is 19.8 Å². The van der Waals surface area contributed by atoms with E-state index in [1.807, 2.05) is 18.7 Å². The third-order valence-electron chi connectivity index (χ3n) is 5.96. The van der Waals surface area contributed by atoms with Crippen molar-refractivity contribution in [1.29, 1.82) is 0 Å². The summed E-state index contributed by atoms with van der Waals surface area (Å²) in [6.45, 7) is 7.69. The topological polar surface area (TPSA) is 70.7 Å². The van der Waals surface area contributed by atoms with Crippen molar-refractivity contribution in [2.24, 2.45) is 0 Å². The van der Waals surface area contributed by atoms with Gasteiger partial charge in [-0.1, -0.05) is 0 Å². The third-order valence-corrected chi connectivity index (χ3v) is 5.96. The second-order valence-electron chi connectivity index (χ2n) is 8.15. The van der Waals surface area contributed by atoms with Crippen LogP contribution >= 0.6 is 0 Å². The Bertz CT molecular complexity index is 842. The number of H-pyrrole nitrogens is 1. The first-order chi connectivity index (χ1) is 14.5. The molecule has 0 bridgehead atoms. The van der Waals surface area contributed by atoms with Crippen LogP contribution in [0.25, 0.3) is 0 Å². The number of nitrogens with zero attached hydrogens (tertiary/aromatic N) is 3. The molecular formula is C22H29FN4O3. The summed E-state index contributed by atoms with van der Waals surface area (Å²) in [4.78, 5) is 24.7. The molecule has 0 aliphatic carbocycles. The molecule has 0 saturated carbocycles. The molecule has 162 valence electrons. The third kappa shape index (κ3) is 4.99. The number of likely N-dealkylation sites (tertiary alicyclic amines) is 1. The Morgan fingerprint density at radius 2 is 1.97 bits per heavy atom. The van der Waals surface area contributed by atoms with Crippen molar-refractivity contribution in [2.75, 3.05) is 32.8 Å². The number of amides is 1. The molecule has 2 aliphatic heterocycles. The van der Waals surface area contributed by atoms with E-state index in [-0.39, 0.29) is 30.5 Å². The minimum Gasteiger partial charge on any atom is -0.491 e. The molecule has 8 heteroatoms. The highest BCUT2D eigenvalue weighted by molar-refractivity contribution is 5.78. The zero-order valence-corrected chi connectivity index (χ0v) is 17.6. The van der Waals surface area contributed by atoms with Crippen LogP contribution in [0, 0.1) is 19.7 Å². The molecule has 0 spiro atoms. The van der Waals surface area contributed by atoms with Crippen LogP contribution < -0.4 is 4.74 Å². The van der Waals surface area contributed by atoms with Gasteiger partial charge in [0.1, 0.15) is 36.7 Å². The fourth-order valence-electron chi connectivity index (χ4n) is 4.12. The average molecular weight is 416 g/mol. The second kappa shape index (κ2) is 9.14. The van der Waals surface area contributed by atoms with E-state index in [1.165, 1.54) is 12.1 Å². The molecule has 0 radical (unpaired) electrons. The number of aryl methyl sites for hydroxylation is 2. The van der Waals surface area contributed by atoms with Gasteiger partial charge in [0.05, 0.1) is 18.8 Å². The maximum Gasteiger partial charge on any atom is 0.248 e. The van der Waals surface area contributed by atoms with Gasteiger partial charge < -0.3 is 19.4 Å². The van der Waals surface area contributed by atoms with Gasteiger partial charge in [0.25, 0.3) is 0 Å². The number of morpholine rings is 1. The van der Waals surface area contributed by atoms with Crippen molar-refractivity contribution >= 4 is 5.91 Å². The van der Waals surface area contributed by atoms with Gasteiger partial charge in [-0.3, -0.25) is 9.69 Å². The van der Waals surface area contributed by atoms with Gasteiger partial charge in [0.15, 0.2) is 0 Å². The number of nitrogens with one attached hydrogen (secondary N) is 1. The molecule has 7 nitrogen and oxygen atoms in total. The Labute approximate surface area is 176 Å². The van der Waals surface area contributed by atoms with E-state index in [0.29, 0.717) is 18.9 Å². The van der Waals surface area contributed by atoms with Crippen molar-refractivity contribution in [3.8, 4) is 5.75 Å². The monoisotopic (exact) mass is 416 g/mol. The zero-order chi connectivity index (χ0) is 21.1. The average Bonchev–Trinajstić information content (AvgIpc) is 3.06. The van der Waals surface area contributed by atoms with E-state index in [4.69, 9.17) is 9.47 Å². The number of carbonyl (C=O) groups excluding carboxylic acids is 1. The molecule has 0 unspecified atom stereocenters. The molecule has 1 aromatic carbocycles. The standard InChI is InChI=1S/C22H29FN4O3/c1-15-16(2)25-21(24-15)12-26-9-7-18(8-10-26)27-11-20(30-14-22(27)28)13-29-19-5-3-17(23)4-6-19/h3-6,18,20H,7-14H2,1-2H3,(H,24,25)/t20-/m0/s1. The van der Waals surface area contributed by atoms with Gasteiger partial charge in [-0.05, 0) is 51.0 Å². The van der Waals surface area contributed by atoms with Crippen LogP contribution in [-0.2, 0) is 16.1 Å². The van der Waals surface area contributed by atoms with E-state index < -0.39 is 0 Å².